The van der Waals surface area contributed by atoms with Crippen LogP contribution >= 0.6 is 23.4 Å². The molecule has 5 nitrogen and oxygen atoms in total. The maximum absolute atomic E-state index is 12.4. The van der Waals surface area contributed by atoms with E-state index in [0.717, 1.165) is 29.2 Å². The number of nitrogens with one attached hydrogen (secondary N) is 2. The Kier molecular flexibility index (Phi) is 6.06. The van der Waals surface area contributed by atoms with Crippen molar-refractivity contribution in [3.63, 3.8) is 0 Å². The summed E-state index contributed by atoms with van der Waals surface area (Å²) in [5.74, 6) is 0.788. The van der Waals surface area contributed by atoms with E-state index < -0.39 is 0 Å². The number of halogens is 1. The van der Waals surface area contributed by atoms with Crippen molar-refractivity contribution in [2.24, 2.45) is 0 Å². The molecule has 1 unspecified atom stereocenters. The van der Waals surface area contributed by atoms with Crippen molar-refractivity contribution in [3.8, 4) is 0 Å². The summed E-state index contributed by atoms with van der Waals surface area (Å²) >= 11 is 7.71. The van der Waals surface area contributed by atoms with Crippen LogP contribution in [0.2, 0.25) is 5.02 Å². The normalized spacial score (nSPS) is 16.3. The number of hydrogen-bond donors (Lipinski definition) is 2. The minimum Gasteiger partial charge on any atom is -0.370 e. The van der Waals surface area contributed by atoms with Gasteiger partial charge in [-0.3, -0.25) is 4.79 Å². The van der Waals surface area contributed by atoms with Crippen LogP contribution in [-0.4, -0.2) is 34.9 Å². The molecule has 0 spiro atoms. The third-order valence-corrected chi connectivity index (χ3v) is 5.47. The molecule has 0 radical (unpaired) electrons. The Bertz CT molecular complexity index is 827. The van der Waals surface area contributed by atoms with Gasteiger partial charge in [-0.25, -0.2) is 4.98 Å². The second-order valence-electron chi connectivity index (χ2n) is 5.90. The zero-order valence-corrected chi connectivity index (χ0v) is 16.3. The summed E-state index contributed by atoms with van der Waals surface area (Å²) in [5.41, 5.74) is 2.80. The topological polar surface area (TPSA) is 57.3 Å². The predicted octanol–water partition coefficient (Wildman–Crippen LogP) is 3.79. The molecule has 1 atom stereocenters. The van der Waals surface area contributed by atoms with Crippen molar-refractivity contribution in [3.05, 3.63) is 64.2 Å². The van der Waals surface area contributed by atoms with Gasteiger partial charge in [0.05, 0.1) is 12.1 Å². The predicted molar refractivity (Wildman–Crippen MR) is 109 cm³/mol. The highest BCUT2D eigenvalue weighted by Crippen LogP contribution is 2.34. The fraction of sp³-hybridized carbons (Fsp3) is 0.263. The molecular formula is C19H21ClN4OS. The molecule has 3 rings (SSSR count). The van der Waals surface area contributed by atoms with Gasteiger partial charge in [-0.2, -0.15) is 0 Å². The van der Waals surface area contributed by atoms with E-state index in [1.807, 2.05) is 44.3 Å². The van der Waals surface area contributed by atoms with Crippen molar-refractivity contribution in [1.29, 1.82) is 0 Å². The summed E-state index contributed by atoms with van der Waals surface area (Å²) in [6, 6.07) is 11.4. The first-order valence-corrected chi connectivity index (χ1v) is 9.72. The number of aromatic nitrogens is 1. The lowest BCUT2D eigenvalue weighted by Crippen LogP contribution is -2.41. The molecule has 0 saturated carbocycles. The number of amides is 1. The number of carbonyl (C=O) groups is 1. The zero-order chi connectivity index (χ0) is 18.5. The van der Waals surface area contributed by atoms with Gasteiger partial charge in [0.25, 0.3) is 0 Å². The summed E-state index contributed by atoms with van der Waals surface area (Å²) in [6.07, 6.45) is 2.05. The molecule has 2 N–H and O–H groups in total. The number of nitrogens with zero attached hydrogens (tertiary/aromatic N) is 2. The molecule has 7 heteroatoms. The van der Waals surface area contributed by atoms with Gasteiger partial charge < -0.3 is 15.5 Å². The SMILES string of the molecule is CCNc1cc(C2=CSC(NC(=O)Cc3ccccc3Cl)N2C)ccn1. The van der Waals surface area contributed by atoms with E-state index in [1.165, 1.54) is 0 Å². The minimum absolute atomic E-state index is 0.0554. The lowest BCUT2D eigenvalue weighted by atomic mass is 10.1. The van der Waals surface area contributed by atoms with Crippen LogP contribution in [0.15, 0.2) is 48.0 Å². The summed E-state index contributed by atoms with van der Waals surface area (Å²) in [4.78, 5) is 18.8. The van der Waals surface area contributed by atoms with E-state index in [-0.39, 0.29) is 17.8 Å². The molecule has 2 heterocycles. The lowest BCUT2D eigenvalue weighted by Gasteiger charge is -2.25. The lowest BCUT2D eigenvalue weighted by molar-refractivity contribution is -0.121. The fourth-order valence-electron chi connectivity index (χ4n) is 2.70. The average Bonchev–Trinajstić information content (AvgIpc) is 2.98. The quantitative estimate of drug-likeness (QED) is 0.788. The van der Waals surface area contributed by atoms with E-state index in [9.17, 15) is 4.79 Å². The van der Waals surface area contributed by atoms with Crippen LogP contribution < -0.4 is 10.6 Å². The van der Waals surface area contributed by atoms with Crippen molar-refractivity contribution < 1.29 is 4.79 Å². The third-order valence-electron chi connectivity index (χ3n) is 4.05. The molecule has 136 valence electrons. The number of carbonyl (C=O) groups excluding carboxylic acids is 1. The van der Waals surface area contributed by atoms with Gasteiger partial charge >= 0.3 is 0 Å². The number of rotatable bonds is 6. The Balaban J connectivity index is 1.63. The molecule has 0 saturated heterocycles. The minimum atomic E-state index is -0.143. The van der Waals surface area contributed by atoms with Crippen LogP contribution in [0.4, 0.5) is 5.82 Å². The second-order valence-corrected chi connectivity index (χ2v) is 7.26. The summed E-state index contributed by atoms with van der Waals surface area (Å²) in [7, 11) is 1.97. The van der Waals surface area contributed by atoms with Gasteiger partial charge in [-0.05, 0) is 36.1 Å². The van der Waals surface area contributed by atoms with E-state index >= 15 is 0 Å². The number of pyridine rings is 1. The molecule has 1 amide bonds. The molecule has 1 aliphatic heterocycles. The molecule has 1 aromatic carbocycles. The molecule has 0 aliphatic carbocycles. The number of anilines is 1. The van der Waals surface area contributed by atoms with E-state index in [0.29, 0.717) is 5.02 Å². The van der Waals surface area contributed by atoms with Crippen molar-refractivity contribution >= 4 is 40.8 Å². The molecule has 26 heavy (non-hydrogen) atoms. The van der Waals surface area contributed by atoms with Crippen molar-refractivity contribution in [2.45, 2.75) is 18.8 Å². The van der Waals surface area contributed by atoms with Crippen molar-refractivity contribution in [2.75, 3.05) is 18.9 Å². The summed E-state index contributed by atoms with van der Waals surface area (Å²) in [5, 5.41) is 8.94. The van der Waals surface area contributed by atoms with Gasteiger partial charge in [0, 0.05) is 30.4 Å². The molecule has 1 aliphatic rings. The molecule has 0 bridgehead atoms. The average molecular weight is 389 g/mol. The second kappa shape index (κ2) is 8.47. The van der Waals surface area contributed by atoms with Gasteiger partial charge in [-0.1, -0.05) is 41.6 Å². The van der Waals surface area contributed by atoms with Crippen LogP contribution in [-0.2, 0) is 11.2 Å². The smallest absolute Gasteiger partial charge is 0.226 e. The number of thioether (sulfide) groups is 1. The number of benzene rings is 1. The maximum atomic E-state index is 12.4. The van der Waals surface area contributed by atoms with E-state index in [4.69, 9.17) is 11.6 Å². The van der Waals surface area contributed by atoms with Gasteiger partial charge in [-0.15, -0.1) is 0 Å². The van der Waals surface area contributed by atoms with Gasteiger partial charge in [0.15, 0.2) is 5.50 Å². The van der Waals surface area contributed by atoms with Gasteiger partial charge in [0.1, 0.15) is 5.82 Å². The largest absolute Gasteiger partial charge is 0.370 e. The van der Waals surface area contributed by atoms with Crippen LogP contribution in [0.25, 0.3) is 5.70 Å². The molecule has 1 aromatic heterocycles. The Hall–Kier alpha value is -2.18. The Labute approximate surface area is 162 Å². The van der Waals surface area contributed by atoms with Crippen LogP contribution in [0.5, 0.6) is 0 Å². The summed E-state index contributed by atoms with van der Waals surface area (Å²) < 4.78 is 0. The van der Waals surface area contributed by atoms with Crippen LogP contribution in [0, 0.1) is 0 Å². The Morgan fingerprint density at radius 3 is 2.92 bits per heavy atom. The summed E-state index contributed by atoms with van der Waals surface area (Å²) in [6.45, 7) is 2.86. The first-order chi connectivity index (χ1) is 12.6. The molecule has 2 aromatic rings. The molecular weight excluding hydrogens is 368 g/mol. The van der Waals surface area contributed by atoms with E-state index in [2.05, 4.69) is 25.9 Å². The highest BCUT2D eigenvalue weighted by atomic mass is 35.5. The Morgan fingerprint density at radius 1 is 1.35 bits per heavy atom. The standard InChI is InChI=1S/C19H21ClN4OS/c1-3-21-17-10-14(8-9-22-17)16-12-26-19(24(16)2)23-18(25)11-13-6-4-5-7-15(13)20/h4-10,12,19H,3,11H2,1-2H3,(H,21,22)(H,23,25). The van der Waals surface area contributed by atoms with Crippen LogP contribution in [0.3, 0.4) is 0 Å². The zero-order valence-electron chi connectivity index (χ0n) is 14.7. The van der Waals surface area contributed by atoms with E-state index in [1.54, 1.807) is 24.0 Å². The monoisotopic (exact) mass is 388 g/mol. The first-order valence-electron chi connectivity index (χ1n) is 8.40. The maximum Gasteiger partial charge on any atom is 0.226 e. The third kappa shape index (κ3) is 4.31. The Morgan fingerprint density at radius 2 is 2.15 bits per heavy atom. The highest BCUT2D eigenvalue weighted by Gasteiger charge is 2.26. The fourth-order valence-corrected chi connectivity index (χ4v) is 3.96. The number of hydrogen-bond acceptors (Lipinski definition) is 5. The first kappa shape index (κ1) is 18.6. The molecule has 0 fully saturated rings. The van der Waals surface area contributed by atoms with Crippen LogP contribution in [0.1, 0.15) is 18.1 Å². The highest BCUT2D eigenvalue weighted by molar-refractivity contribution is 8.03. The van der Waals surface area contributed by atoms with Gasteiger partial charge in [0.2, 0.25) is 5.91 Å². The van der Waals surface area contributed by atoms with Crippen molar-refractivity contribution in [1.82, 2.24) is 15.2 Å².